The Balaban J connectivity index is 1.81. The molecule has 4 rings (SSSR count). The third-order valence-electron chi connectivity index (χ3n) is 6.90. The van der Waals surface area contributed by atoms with Crippen LogP contribution >= 0.6 is 34.8 Å². The van der Waals surface area contributed by atoms with Gasteiger partial charge in [0.05, 0.1) is 20.6 Å². The molecule has 0 aromatic heterocycles. The van der Waals surface area contributed by atoms with Gasteiger partial charge in [-0.25, -0.2) is 8.42 Å². The van der Waals surface area contributed by atoms with E-state index in [2.05, 4.69) is 5.32 Å². The van der Waals surface area contributed by atoms with Crippen LogP contribution in [0.4, 0.5) is 5.69 Å². The van der Waals surface area contributed by atoms with Gasteiger partial charge in [0, 0.05) is 24.5 Å². The van der Waals surface area contributed by atoms with Gasteiger partial charge < -0.3 is 10.2 Å². The molecule has 4 aromatic carbocycles. The number of halogens is 3. The topological polar surface area (TPSA) is 86.8 Å². The second-order valence-corrected chi connectivity index (χ2v) is 13.1. The summed E-state index contributed by atoms with van der Waals surface area (Å²) in [6.07, 6.45) is 0.907. The van der Waals surface area contributed by atoms with Crippen LogP contribution < -0.4 is 9.62 Å². The van der Waals surface area contributed by atoms with E-state index < -0.39 is 28.5 Å². The summed E-state index contributed by atoms with van der Waals surface area (Å²) in [4.78, 5) is 29.5. The lowest BCUT2D eigenvalue weighted by Gasteiger charge is -2.34. The van der Waals surface area contributed by atoms with Crippen LogP contribution in [-0.4, -0.2) is 44.3 Å². The highest BCUT2D eigenvalue weighted by Gasteiger charge is 2.35. The fraction of sp³-hybridized carbons (Fsp3) is 0.212. The molecule has 230 valence electrons. The largest absolute Gasteiger partial charge is 0.354 e. The normalized spacial score (nSPS) is 11.9. The van der Waals surface area contributed by atoms with Gasteiger partial charge in [0.15, 0.2) is 0 Å². The highest BCUT2D eigenvalue weighted by Crippen LogP contribution is 2.35. The van der Waals surface area contributed by atoms with Crippen molar-refractivity contribution in [1.29, 1.82) is 0 Å². The average Bonchev–Trinajstić information content (AvgIpc) is 3.03. The van der Waals surface area contributed by atoms with E-state index in [-0.39, 0.29) is 39.5 Å². The molecule has 0 unspecified atom stereocenters. The van der Waals surface area contributed by atoms with E-state index in [1.54, 1.807) is 48.5 Å². The fourth-order valence-corrected chi connectivity index (χ4v) is 6.65. The molecular formula is C33H32Cl3N3O4S. The molecule has 0 fully saturated rings. The molecule has 2 amide bonds. The number of benzene rings is 4. The van der Waals surface area contributed by atoms with Gasteiger partial charge >= 0.3 is 0 Å². The van der Waals surface area contributed by atoms with Crippen molar-refractivity contribution >= 4 is 62.3 Å². The van der Waals surface area contributed by atoms with Crippen LogP contribution in [0.5, 0.6) is 0 Å². The van der Waals surface area contributed by atoms with Gasteiger partial charge in [0.2, 0.25) is 11.8 Å². The van der Waals surface area contributed by atoms with Crippen LogP contribution in [-0.2, 0) is 32.6 Å². The summed E-state index contributed by atoms with van der Waals surface area (Å²) in [5.41, 5.74) is 1.59. The number of sulfonamides is 1. The van der Waals surface area contributed by atoms with Crippen LogP contribution in [0.25, 0.3) is 0 Å². The van der Waals surface area contributed by atoms with E-state index >= 15 is 0 Å². The molecule has 0 aliphatic carbocycles. The monoisotopic (exact) mass is 671 g/mol. The van der Waals surface area contributed by atoms with Crippen molar-refractivity contribution in [3.63, 3.8) is 0 Å². The Hall–Kier alpha value is -3.56. The van der Waals surface area contributed by atoms with Gasteiger partial charge in [0.25, 0.3) is 10.0 Å². The van der Waals surface area contributed by atoms with Crippen molar-refractivity contribution in [2.24, 2.45) is 0 Å². The molecule has 0 radical (unpaired) electrons. The molecule has 0 saturated heterocycles. The summed E-state index contributed by atoms with van der Waals surface area (Å²) in [6, 6.07) is 27.6. The van der Waals surface area contributed by atoms with E-state index in [9.17, 15) is 18.0 Å². The fourth-order valence-electron chi connectivity index (χ4n) is 4.62. The quantitative estimate of drug-likeness (QED) is 0.166. The number of carbonyl (C=O) groups excluding carboxylic acids is 2. The molecule has 0 bridgehead atoms. The number of amides is 2. The van der Waals surface area contributed by atoms with E-state index in [1.807, 2.05) is 37.3 Å². The van der Waals surface area contributed by atoms with E-state index in [0.29, 0.717) is 23.6 Å². The first-order valence-electron chi connectivity index (χ1n) is 14.0. The maximum Gasteiger partial charge on any atom is 0.264 e. The number of hydrogen-bond acceptors (Lipinski definition) is 4. The van der Waals surface area contributed by atoms with Crippen molar-refractivity contribution in [3.8, 4) is 0 Å². The van der Waals surface area contributed by atoms with Gasteiger partial charge in [-0.2, -0.15) is 0 Å². The van der Waals surface area contributed by atoms with Crippen molar-refractivity contribution < 1.29 is 18.0 Å². The predicted molar refractivity (Wildman–Crippen MR) is 177 cm³/mol. The average molecular weight is 673 g/mol. The van der Waals surface area contributed by atoms with Crippen molar-refractivity contribution in [2.75, 3.05) is 17.4 Å². The van der Waals surface area contributed by atoms with Crippen LogP contribution in [0.15, 0.2) is 108 Å². The molecule has 0 aliphatic heterocycles. The highest BCUT2D eigenvalue weighted by atomic mass is 35.5. The van der Waals surface area contributed by atoms with Gasteiger partial charge in [-0.1, -0.05) is 108 Å². The van der Waals surface area contributed by atoms with E-state index in [4.69, 9.17) is 34.8 Å². The van der Waals surface area contributed by atoms with Gasteiger partial charge in [-0.3, -0.25) is 13.9 Å². The molecule has 11 heteroatoms. The summed E-state index contributed by atoms with van der Waals surface area (Å²) in [5, 5.41) is 3.54. The Bertz CT molecular complexity index is 1670. The maximum absolute atomic E-state index is 14.4. The lowest BCUT2D eigenvalue weighted by Crippen LogP contribution is -2.53. The molecule has 1 atom stereocenters. The number of nitrogens with one attached hydrogen (secondary N) is 1. The van der Waals surface area contributed by atoms with Crippen molar-refractivity contribution in [3.05, 3.63) is 129 Å². The Morgan fingerprint density at radius 1 is 0.795 bits per heavy atom. The molecule has 0 spiro atoms. The van der Waals surface area contributed by atoms with Crippen LogP contribution in [0, 0.1) is 0 Å². The first-order chi connectivity index (χ1) is 21.1. The molecular weight excluding hydrogens is 641 g/mol. The molecule has 1 N–H and O–H groups in total. The Morgan fingerprint density at radius 3 is 2.07 bits per heavy atom. The number of rotatable bonds is 13. The Morgan fingerprint density at radius 2 is 1.43 bits per heavy atom. The second kappa shape index (κ2) is 15.4. The number of hydrogen-bond donors (Lipinski definition) is 1. The predicted octanol–water partition coefficient (Wildman–Crippen LogP) is 7.01. The minimum atomic E-state index is -4.29. The maximum atomic E-state index is 14.4. The molecule has 0 saturated carbocycles. The molecule has 0 aliphatic rings. The SMILES string of the molecule is CCCNC(=O)[C@H](Cc1ccccc1)N(Cc1ccc(Cl)cc1)C(=O)CN(c1cccc(Cl)c1Cl)S(=O)(=O)c1ccccc1. The third-order valence-corrected chi connectivity index (χ3v) is 9.73. The lowest BCUT2D eigenvalue weighted by atomic mass is 10.0. The van der Waals surface area contributed by atoms with Crippen molar-refractivity contribution in [1.82, 2.24) is 10.2 Å². The molecule has 4 aromatic rings. The Kier molecular flexibility index (Phi) is 11.7. The summed E-state index contributed by atoms with van der Waals surface area (Å²) in [5.74, 6) is -0.959. The summed E-state index contributed by atoms with van der Waals surface area (Å²) in [7, 11) is -4.29. The Labute approximate surface area is 273 Å². The molecule has 0 heterocycles. The van der Waals surface area contributed by atoms with Crippen LogP contribution in [0.3, 0.4) is 0 Å². The third kappa shape index (κ3) is 8.33. The van der Waals surface area contributed by atoms with Crippen LogP contribution in [0.2, 0.25) is 15.1 Å². The number of anilines is 1. The molecule has 44 heavy (non-hydrogen) atoms. The zero-order valence-electron chi connectivity index (χ0n) is 24.0. The van der Waals surface area contributed by atoms with Gasteiger partial charge in [0.1, 0.15) is 12.6 Å². The first kappa shape index (κ1) is 33.3. The minimum Gasteiger partial charge on any atom is -0.354 e. The summed E-state index contributed by atoms with van der Waals surface area (Å²) >= 11 is 18.9. The van der Waals surface area contributed by atoms with Gasteiger partial charge in [-0.05, 0) is 53.9 Å². The zero-order chi connectivity index (χ0) is 31.7. The first-order valence-corrected chi connectivity index (χ1v) is 16.6. The zero-order valence-corrected chi connectivity index (χ0v) is 27.1. The standard InChI is InChI=1S/C33H32Cl3N3O4S/c1-2-20-37-33(41)30(21-24-10-5-3-6-11-24)38(22-25-16-18-26(34)19-17-25)31(40)23-39(29-15-9-14-28(35)32(29)36)44(42,43)27-12-7-4-8-13-27/h3-19,30H,2,20-23H2,1H3,(H,37,41)/t30-/m0/s1. The van der Waals surface area contributed by atoms with Crippen molar-refractivity contribution in [2.45, 2.75) is 37.2 Å². The summed E-state index contributed by atoms with van der Waals surface area (Å²) < 4.78 is 29.0. The number of carbonyl (C=O) groups is 2. The minimum absolute atomic E-state index is 0.0211. The second-order valence-electron chi connectivity index (χ2n) is 10.0. The molecule has 7 nitrogen and oxygen atoms in total. The lowest BCUT2D eigenvalue weighted by molar-refractivity contribution is -0.140. The van der Waals surface area contributed by atoms with E-state index in [0.717, 1.165) is 9.87 Å². The smallest absolute Gasteiger partial charge is 0.264 e. The number of nitrogens with zero attached hydrogens (tertiary/aromatic N) is 2. The van der Waals surface area contributed by atoms with Gasteiger partial charge in [-0.15, -0.1) is 0 Å². The van der Waals surface area contributed by atoms with E-state index in [1.165, 1.54) is 29.2 Å². The summed E-state index contributed by atoms with van der Waals surface area (Å²) in [6.45, 7) is 1.73. The van der Waals surface area contributed by atoms with Crippen LogP contribution in [0.1, 0.15) is 24.5 Å². The highest BCUT2D eigenvalue weighted by molar-refractivity contribution is 7.92.